The zero-order chi connectivity index (χ0) is 23.4. The number of carbonyl (C=O) groups excluding carboxylic acids is 3. The molecule has 0 bridgehead atoms. The number of nitrogens with zero attached hydrogens (tertiary/aromatic N) is 2. The summed E-state index contributed by atoms with van der Waals surface area (Å²) in [5.41, 5.74) is -1.97. The van der Waals surface area contributed by atoms with Crippen LogP contribution in [0.1, 0.15) is 119 Å². The molecule has 6 nitrogen and oxygen atoms in total. The van der Waals surface area contributed by atoms with Crippen LogP contribution >= 0.6 is 0 Å². The Bertz CT molecular complexity index is 653. The average molecular weight is 436 g/mol. The monoisotopic (exact) mass is 435 g/mol. The third-order valence-corrected chi connectivity index (χ3v) is 7.16. The van der Waals surface area contributed by atoms with Crippen molar-refractivity contribution in [3.8, 4) is 0 Å². The number of nitrogens with one attached hydrogen (secondary N) is 1. The summed E-state index contributed by atoms with van der Waals surface area (Å²) in [6.45, 7) is 13.8. The number of piperidine rings is 1. The number of unbranched alkanes of at least 4 members (excludes halogenated alkanes) is 6. The minimum atomic E-state index is -0.927. The third-order valence-electron chi connectivity index (χ3n) is 7.16. The molecule has 2 aliphatic heterocycles. The van der Waals surface area contributed by atoms with Gasteiger partial charge in [0.2, 0.25) is 5.91 Å². The summed E-state index contributed by atoms with van der Waals surface area (Å²) in [6.07, 6.45) is 11.1. The van der Waals surface area contributed by atoms with Gasteiger partial charge in [0, 0.05) is 36.9 Å². The predicted octanol–water partition coefficient (Wildman–Crippen LogP) is 5.40. The Morgan fingerprint density at radius 2 is 1.45 bits per heavy atom. The van der Waals surface area contributed by atoms with E-state index in [1.807, 2.05) is 32.6 Å². The maximum absolute atomic E-state index is 13.7. The minimum absolute atomic E-state index is 0.00356. The third kappa shape index (κ3) is 5.43. The maximum Gasteiger partial charge on any atom is 0.325 e. The molecule has 0 radical (unpaired) electrons. The zero-order valence-electron chi connectivity index (χ0n) is 21.0. The summed E-state index contributed by atoms with van der Waals surface area (Å²) >= 11 is 0. The Kier molecular flexibility index (Phi) is 8.21. The van der Waals surface area contributed by atoms with E-state index in [1.165, 1.54) is 37.0 Å². The van der Waals surface area contributed by atoms with Crippen LogP contribution in [-0.2, 0) is 9.59 Å². The lowest BCUT2D eigenvalue weighted by Crippen LogP contribution is -2.70. The first kappa shape index (κ1) is 25.7. The quantitative estimate of drug-likeness (QED) is 0.369. The molecule has 2 heterocycles. The SMILES string of the molecule is CCCCCCCCCC(CC)N1C(=O)NC2(CC(C)(C)N(C(C)=O)C(C)(C)C2)C1=O. The van der Waals surface area contributed by atoms with Gasteiger partial charge in [-0.3, -0.25) is 14.5 Å². The summed E-state index contributed by atoms with van der Waals surface area (Å²) in [5, 5.41) is 3.08. The summed E-state index contributed by atoms with van der Waals surface area (Å²) in [7, 11) is 0. The molecule has 1 atom stereocenters. The van der Waals surface area contributed by atoms with Gasteiger partial charge in [-0.05, 0) is 40.5 Å². The molecule has 1 spiro atoms. The second-order valence-electron chi connectivity index (χ2n) is 11.0. The van der Waals surface area contributed by atoms with Gasteiger partial charge in [-0.2, -0.15) is 0 Å². The number of amides is 4. The average Bonchev–Trinajstić information content (AvgIpc) is 2.84. The van der Waals surface area contributed by atoms with Crippen LogP contribution in [0.25, 0.3) is 0 Å². The molecule has 0 aliphatic carbocycles. The first-order valence-electron chi connectivity index (χ1n) is 12.4. The molecule has 0 aromatic rings. The van der Waals surface area contributed by atoms with Crippen LogP contribution < -0.4 is 5.32 Å². The van der Waals surface area contributed by atoms with E-state index in [4.69, 9.17) is 0 Å². The highest BCUT2D eigenvalue weighted by Gasteiger charge is 2.62. The van der Waals surface area contributed by atoms with Crippen molar-refractivity contribution in [3.05, 3.63) is 0 Å². The molecular formula is C25H45N3O3. The first-order valence-corrected chi connectivity index (χ1v) is 12.4. The number of imide groups is 1. The number of likely N-dealkylation sites (tertiary alicyclic amines) is 1. The molecule has 0 aromatic heterocycles. The van der Waals surface area contributed by atoms with Crippen molar-refractivity contribution < 1.29 is 14.4 Å². The van der Waals surface area contributed by atoms with Gasteiger partial charge in [0.1, 0.15) is 5.54 Å². The fraction of sp³-hybridized carbons (Fsp3) is 0.880. The van der Waals surface area contributed by atoms with Crippen molar-refractivity contribution in [2.45, 2.75) is 142 Å². The van der Waals surface area contributed by atoms with Crippen molar-refractivity contribution in [2.75, 3.05) is 0 Å². The molecule has 1 unspecified atom stereocenters. The Balaban J connectivity index is 2.09. The molecule has 178 valence electrons. The summed E-state index contributed by atoms with van der Waals surface area (Å²) in [6, 6.07) is -0.317. The number of hydrogen-bond acceptors (Lipinski definition) is 3. The summed E-state index contributed by atoms with van der Waals surface area (Å²) < 4.78 is 0. The lowest BCUT2D eigenvalue weighted by Gasteiger charge is -2.57. The molecule has 4 amide bonds. The summed E-state index contributed by atoms with van der Waals surface area (Å²) in [4.78, 5) is 42.5. The second kappa shape index (κ2) is 9.91. The van der Waals surface area contributed by atoms with Crippen LogP contribution in [0, 0.1) is 0 Å². The highest BCUT2D eigenvalue weighted by atomic mass is 16.2. The Morgan fingerprint density at radius 1 is 0.935 bits per heavy atom. The van der Waals surface area contributed by atoms with Crippen LogP contribution in [-0.4, -0.2) is 50.3 Å². The second-order valence-corrected chi connectivity index (χ2v) is 11.0. The fourth-order valence-electron chi connectivity index (χ4n) is 6.43. The molecule has 2 aliphatic rings. The van der Waals surface area contributed by atoms with E-state index in [2.05, 4.69) is 19.2 Å². The van der Waals surface area contributed by atoms with Crippen molar-refractivity contribution in [3.63, 3.8) is 0 Å². The van der Waals surface area contributed by atoms with Crippen molar-refractivity contribution >= 4 is 17.8 Å². The van der Waals surface area contributed by atoms with Gasteiger partial charge < -0.3 is 10.2 Å². The number of rotatable bonds is 10. The minimum Gasteiger partial charge on any atom is -0.332 e. The Morgan fingerprint density at radius 3 is 1.94 bits per heavy atom. The van der Waals surface area contributed by atoms with E-state index in [0.717, 1.165) is 25.7 Å². The van der Waals surface area contributed by atoms with Crippen LogP contribution in [0.2, 0.25) is 0 Å². The summed E-state index contributed by atoms with van der Waals surface area (Å²) in [5.74, 6) is -0.0968. The van der Waals surface area contributed by atoms with Crippen LogP contribution in [0.5, 0.6) is 0 Å². The fourth-order valence-corrected chi connectivity index (χ4v) is 6.43. The van der Waals surface area contributed by atoms with E-state index in [1.54, 1.807) is 6.92 Å². The topological polar surface area (TPSA) is 69.7 Å². The normalized spacial score (nSPS) is 22.7. The zero-order valence-corrected chi connectivity index (χ0v) is 21.0. The number of carbonyl (C=O) groups is 3. The first-order chi connectivity index (χ1) is 14.4. The van der Waals surface area contributed by atoms with Gasteiger partial charge in [-0.1, -0.05) is 58.8 Å². The largest absolute Gasteiger partial charge is 0.332 e. The van der Waals surface area contributed by atoms with Crippen LogP contribution in [0.3, 0.4) is 0 Å². The lowest BCUT2D eigenvalue weighted by molar-refractivity contribution is -0.157. The smallest absolute Gasteiger partial charge is 0.325 e. The van der Waals surface area contributed by atoms with Crippen LogP contribution in [0.4, 0.5) is 4.79 Å². The van der Waals surface area contributed by atoms with Gasteiger partial charge in [0.25, 0.3) is 5.91 Å². The maximum atomic E-state index is 13.7. The highest BCUT2D eigenvalue weighted by molar-refractivity contribution is 6.07. The highest BCUT2D eigenvalue weighted by Crippen LogP contribution is 2.46. The molecule has 6 heteroatoms. The van der Waals surface area contributed by atoms with Gasteiger partial charge in [-0.25, -0.2) is 4.79 Å². The van der Waals surface area contributed by atoms with E-state index in [9.17, 15) is 14.4 Å². The van der Waals surface area contributed by atoms with Crippen molar-refractivity contribution in [1.29, 1.82) is 0 Å². The molecule has 0 aromatic carbocycles. The molecule has 0 saturated carbocycles. The van der Waals surface area contributed by atoms with Gasteiger partial charge in [0.05, 0.1) is 0 Å². The van der Waals surface area contributed by atoms with Crippen LogP contribution in [0.15, 0.2) is 0 Å². The Hall–Kier alpha value is -1.59. The Labute approximate surface area is 189 Å². The molecule has 1 N–H and O–H groups in total. The van der Waals surface area contributed by atoms with Gasteiger partial charge in [-0.15, -0.1) is 0 Å². The molecule has 2 saturated heterocycles. The van der Waals surface area contributed by atoms with Crippen molar-refractivity contribution in [1.82, 2.24) is 15.1 Å². The van der Waals surface area contributed by atoms with Crippen molar-refractivity contribution in [2.24, 2.45) is 0 Å². The number of hydrogen-bond donors (Lipinski definition) is 1. The van der Waals surface area contributed by atoms with E-state index in [0.29, 0.717) is 12.8 Å². The predicted molar refractivity (Wildman–Crippen MR) is 125 cm³/mol. The lowest BCUT2D eigenvalue weighted by atomic mass is 9.68. The number of urea groups is 1. The van der Waals surface area contributed by atoms with Gasteiger partial charge >= 0.3 is 6.03 Å². The molecule has 31 heavy (non-hydrogen) atoms. The van der Waals surface area contributed by atoms with Gasteiger partial charge in [0.15, 0.2) is 0 Å². The molecular weight excluding hydrogens is 390 g/mol. The molecule has 2 rings (SSSR count). The van der Waals surface area contributed by atoms with E-state index in [-0.39, 0.29) is 23.9 Å². The van der Waals surface area contributed by atoms with E-state index >= 15 is 0 Å². The van der Waals surface area contributed by atoms with E-state index < -0.39 is 16.6 Å². The standard InChI is InChI=1S/C25H45N3O3/c1-8-10-11-12-13-14-15-16-20(9-2)27-21(30)25(26-22(27)31)17-23(4,5)28(19(3)29)24(6,7)18-25/h20H,8-18H2,1-7H3,(H,26,31). The molecule has 2 fully saturated rings.